The van der Waals surface area contributed by atoms with E-state index in [1.54, 1.807) is 20.8 Å². The molecule has 1 atom stereocenters. The first-order valence-electron chi connectivity index (χ1n) is 10.5. The Morgan fingerprint density at radius 3 is 2.03 bits per heavy atom. The van der Waals surface area contributed by atoms with Crippen LogP contribution in [-0.4, -0.2) is 88.9 Å². The number of amides is 2. The number of ether oxygens (including phenoxy) is 5. The predicted octanol–water partition coefficient (Wildman–Crippen LogP) is 0.412. The van der Waals surface area contributed by atoms with Crippen molar-refractivity contribution in [3.05, 3.63) is 0 Å². The van der Waals surface area contributed by atoms with Crippen LogP contribution in [0.15, 0.2) is 0 Å². The van der Waals surface area contributed by atoms with Crippen LogP contribution in [0.3, 0.4) is 0 Å². The Hall–Kier alpha value is -2.39. The summed E-state index contributed by atoms with van der Waals surface area (Å²) in [4.78, 5) is 23.7. The van der Waals surface area contributed by atoms with Gasteiger partial charge in [-0.15, -0.1) is 6.42 Å². The van der Waals surface area contributed by atoms with E-state index in [-0.39, 0.29) is 31.2 Å². The summed E-state index contributed by atoms with van der Waals surface area (Å²) in [7, 11) is 0. The van der Waals surface area contributed by atoms with Gasteiger partial charge in [-0.2, -0.15) is 0 Å². The summed E-state index contributed by atoms with van der Waals surface area (Å²) in [6.45, 7) is 8.78. The molecule has 2 amide bonds. The monoisotopic (exact) mass is 458 g/mol. The van der Waals surface area contributed by atoms with Crippen molar-refractivity contribution in [2.45, 2.75) is 45.3 Å². The standard InChI is InChI=1S/C21H38N4O7/c1-5-9-28-11-13-30-15-16-31-14-12-29-10-8-24-18(26)7-6-17(19(22)23)25-20(27)32-21(2,3)4/h1,17H,6-16H2,2-4H3,(H3,22,23)(H,24,26)(H,25,27)/t17-/m0/s1. The molecule has 11 heteroatoms. The zero-order chi connectivity index (χ0) is 24.2. The number of carbonyl (C=O) groups excluding carboxylic acids is 2. The Bertz CT molecular complexity index is 588. The third kappa shape index (κ3) is 19.6. The maximum Gasteiger partial charge on any atom is 0.408 e. The minimum absolute atomic E-state index is 0.0942. The van der Waals surface area contributed by atoms with Gasteiger partial charge in [0, 0.05) is 13.0 Å². The molecule has 0 aliphatic carbocycles. The van der Waals surface area contributed by atoms with Crippen molar-refractivity contribution in [2.75, 3.05) is 59.4 Å². The van der Waals surface area contributed by atoms with Gasteiger partial charge in [-0.25, -0.2) is 4.79 Å². The Kier molecular flexibility index (Phi) is 16.8. The maximum atomic E-state index is 11.9. The highest BCUT2D eigenvalue weighted by atomic mass is 16.6. The first-order chi connectivity index (χ1) is 15.2. The van der Waals surface area contributed by atoms with Gasteiger partial charge in [0.2, 0.25) is 5.91 Å². The van der Waals surface area contributed by atoms with E-state index in [4.69, 9.17) is 41.3 Å². The Balaban J connectivity index is 3.68. The van der Waals surface area contributed by atoms with Gasteiger partial charge in [-0.1, -0.05) is 5.92 Å². The van der Waals surface area contributed by atoms with Crippen molar-refractivity contribution in [1.29, 1.82) is 5.41 Å². The molecule has 0 spiro atoms. The van der Waals surface area contributed by atoms with Crippen LogP contribution >= 0.6 is 0 Å². The normalized spacial score (nSPS) is 11.9. The highest BCUT2D eigenvalue weighted by Crippen LogP contribution is 2.07. The van der Waals surface area contributed by atoms with Crippen molar-refractivity contribution < 1.29 is 33.3 Å². The predicted molar refractivity (Wildman–Crippen MR) is 119 cm³/mol. The van der Waals surface area contributed by atoms with E-state index in [0.29, 0.717) is 52.8 Å². The van der Waals surface area contributed by atoms with Gasteiger partial charge in [0.25, 0.3) is 0 Å². The molecule has 0 saturated carbocycles. The molecule has 0 aliphatic heterocycles. The summed E-state index contributed by atoms with van der Waals surface area (Å²) < 4.78 is 26.2. The summed E-state index contributed by atoms with van der Waals surface area (Å²) in [5.41, 5.74) is 4.83. The third-order valence-electron chi connectivity index (χ3n) is 3.60. The van der Waals surface area contributed by atoms with Crippen LogP contribution in [0, 0.1) is 17.8 Å². The molecule has 0 unspecified atom stereocenters. The van der Waals surface area contributed by atoms with E-state index in [2.05, 4.69) is 16.6 Å². The van der Waals surface area contributed by atoms with Crippen LogP contribution in [0.25, 0.3) is 0 Å². The zero-order valence-electron chi connectivity index (χ0n) is 19.4. The van der Waals surface area contributed by atoms with E-state index in [9.17, 15) is 9.59 Å². The molecule has 0 bridgehead atoms. The molecule has 184 valence electrons. The Morgan fingerprint density at radius 1 is 1.00 bits per heavy atom. The fraction of sp³-hybridized carbons (Fsp3) is 0.762. The van der Waals surface area contributed by atoms with Crippen LogP contribution in [0.5, 0.6) is 0 Å². The van der Waals surface area contributed by atoms with E-state index in [0.717, 1.165) is 0 Å². The number of nitrogens with one attached hydrogen (secondary N) is 3. The van der Waals surface area contributed by atoms with Crippen molar-refractivity contribution in [3.63, 3.8) is 0 Å². The van der Waals surface area contributed by atoms with Gasteiger partial charge in [0.1, 0.15) is 18.0 Å². The number of rotatable bonds is 18. The maximum absolute atomic E-state index is 11.9. The molecule has 0 aromatic rings. The van der Waals surface area contributed by atoms with Crippen molar-refractivity contribution >= 4 is 17.8 Å². The van der Waals surface area contributed by atoms with Crippen LogP contribution in [0.1, 0.15) is 33.6 Å². The summed E-state index contributed by atoms with van der Waals surface area (Å²) in [6, 6.07) is -0.775. The average Bonchev–Trinajstić information content (AvgIpc) is 2.69. The lowest BCUT2D eigenvalue weighted by molar-refractivity contribution is -0.121. The van der Waals surface area contributed by atoms with Crippen LogP contribution in [0.2, 0.25) is 0 Å². The summed E-state index contributed by atoms with van der Waals surface area (Å²) in [5.74, 6) is 1.90. The van der Waals surface area contributed by atoms with E-state index < -0.39 is 17.7 Å². The van der Waals surface area contributed by atoms with E-state index in [1.807, 2.05) is 0 Å². The molecule has 0 aromatic carbocycles. The summed E-state index contributed by atoms with van der Waals surface area (Å²) >= 11 is 0. The number of nitrogens with two attached hydrogens (primary N) is 1. The lowest BCUT2D eigenvalue weighted by atomic mass is 10.1. The quantitative estimate of drug-likeness (QED) is 0.0997. The lowest BCUT2D eigenvalue weighted by Gasteiger charge is -2.23. The summed E-state index contributed by atoms with van der Waals surface area (Å²) in [6.07, 6.45) is 4.65. The minimum atomic E-state index is -0.775. The molecule has 5 N–H and O–H groups in total. The topological polar surface area (TPSA) is 154 Å². The number of carbonyl (C=O) groups is 2. The number of terminal acetylenes is 1. The highest BCUT2D eigenvalue weighted by Gasteiger charge is 2.21. The molecule has 0 aromatic heterocycles. The van der Waals surface area contributed by atoms with Crippen molar-refractivity contribution in [1.82, 2.24) is 10.6 Å². The number of amidine groups is 1. The second kappa shape index (κ2) is 18.2. The van der Waals surface area contributed by atoms with E-state index in [1.165, 1.54) is 0 Å². The molecule has 0 saturated heterocycles. The summed E-state index contributed by atoms with van der Waals surface area (Å²) in [5, 5.41) is 12.8. The smallest absolute Gasteiger partial charge is 0.408 e. The Morgan fingerprint density at radius 2 is 1.53 bits per heavy atom. The molecular weight excluding hydrogens is 420 g/mol. The molecule has 0 rings (SSSR count). The van der Waals surface area contributed by atoms with Gasteiger partial charge in [0.05, 0.1) is 52.3 Å². The average molecular weight is 459 g/mol. The van der Waals surface area contributed by atoms with Crippen LogP contribution in [0.4, 0.5) is 4.79 Å². The molecule has 32 heavy (non-hydrogen) atoms. The van der Waals surface area contributed by atoms with Gasteiger partial charge in [-0.3, -0.25) is 10.2 Å². The number of hydrogen-bond acceptors (Lipinski definition) is 8. The molecule has 11 nitrogen and oxygen atoms in total. The van der Waals surface area contributed by atoms with Gasteiger partial charge >= 0.3 is 6.09 Å². The zero-order valence-corrected chi connectivity index (χ0v) is 19.4. The van der Waals surface area contributed by atoms with Gasteiger partial charge in [-0.05, 0) is 27.2 Å². The fourth-order valence-corrected chi connectivity index (χ4v) is 2.17. The second-order valence-corrected chi connectivity index (χ2v) is 7.64. The molecule has 0 radical (unpaired) electrons. The molecule has 0 fully saturated rings. The van der Waals surface area contributed by atoms with Crippen LogP contribution < -0.4 is 16.4 Å². The first-order valence-corrected chi connectivity index (χ1v) is 10.5. The molecular formula is C21H38N4O7. The largest absolute Gasteiger partial charge is 0.444 e. The van der Waals surface area contributed by atoms with E-state index >= 15 is 0 Å². The van der Waals surface area contributed by atoms with Crippen molar-refractivity contribution in [2.24, 2.45) is 5.73 Å². The lowest BCUT2D eigenvalue weighted by Crippen LogP contribution is -2.46. The fourth-order valence-electron chi connectivity index (χ4n) is 2.17. The third-order valence-corrected chi connectivity index (χ3v) is 3.60. The number of alkyl carbamates (subject to hydrolysis) is 1. The molecule has 0 aliphatic rings. The SMILES string of the molecule is C#CCOCCOCCOCCOCCNC(=O)CC[C@H](NC(=O)OC(C)(C)C)C(=N)N. The van der Waals surface area contributed by atoms with Gasteiger partial charge < -0.3 is 40.1 Å². The first kappa shape index (κ1) is 29.6. The van der Waals surface area contributed by atoms with Gasteiger partial charge in [0.15, 0.2) is 0 Å². The Labute approximate surface area is 190 Å². The van der Waals surface area contributed by atoms with Crippen LogP contribution in [-0.2, 0) is 28.5 Å². The molecule has 0 heterocycles. The highest BCUT2D eigenvalue weighted by molar-refractivity contribution is 5.87. The number of hydrogen-bond donors (Lipinski definition) is 4. The van der Waals surface area contributed by atoms with Crippen molar-refractivity contribution in [3.8, 4) is 12.3 Å². The minimum Gasteiger partial charge on any atom is -0.444 e. The second-order valence-electron chi connectivity index (χ2n) is 7.64.